The van der Waals surface area contributed by atoms with Gasteiger partial charge in [0, 0.05) is 5.92 Å². The van der Waals surface area contributed by atoms with Crippen LogP contribution in [0.5, 0.6) is 0 Å². The second-order valence-electron chi connectivity index (χ2n) is 4.18. The molecule has 15 heavy (non-hydrogen) atoms. The van der Waals surface area contributed by atoms with E-state index in [-0.39, 0.29) is 0 Å². The molecular weight excluding hydrogens is 180 g/mol. The highest BCUT2D eigenvalue weighted by atomic mass is 14.1. The molecule has 0 fully saturated rings. The van der Waals surface area contributed by atoms with Crippen LogP contribution in [0.15, 0.2) is 30.3 Å². The molecule has 0 aromatic heterocycles. The summed E-state index contributed by atoms with van der Waals surface area (Å²) in [4.78, 5) is 0. The zero-order valence-corrected chi connectivity index (χ0v) is 10.1. The average molecular weight is 203 g/mol. The van der Waals surface area contributed by atoms with Crippen molar-refractivity contribution in [3.63, 3.8) is 0 Å². The lowest BCUT2D eigenvalue weighted by Gasteiger charge is -2.15. The Morgan fingerprint density at radius 2 is 1.60 bits per heavy atom. The van der Waals surface area contributed by atoms with E-state index in [1.54, 1.807) is 5.92 Å². The van der Waals surface area contributed by atoms with Crippen molar-refractivity contribution >= 4 is 0 Å². The van der Waals surface area contributed by atoms with Gasteiger partial charge in [-0.1, -0.05) is 69.9 Å². The lowest BCUT2D eigenvalue weighted by atomic mass is 9.89. The first kappa shape index (κ1) is 12.3. The van der Waals surface area contributed by atoms with E-state index >= 15 is 0 Å². The van der Waals surface area contributed by atoms with Gasteiger partial charge in [-0.05, 0) is 18.4 Å². The quantitative estimate of drug-likeness (QED) is 0.548. The molecule has 0 saturated carbocycles. The van der Waals surface area contributed by atoms with Gasteiger partial charge in [0.2, 0.25) is 0 Å². The summed E-state index contributed by atoms with van der Waals surface area (Å²) in [6.07, 6.45) is 7.82. The van der Waals surface area contributed by atoms with Crippen LogP contribution in [0.3, 0.4) is 0 Å². The minimum Gasteiger partial charge on any atom is -0.0654 e. The summed E-state index contributed by atoms with van der Waals surface area (Å²) >= 11 is 0. The highest BCUT2D eigenvalue weighted by Gasteiger charge is 2.09. The second kappa shape index (κ2) is 7.50. The van der Waals surface area contributed by atoms with Crippen LogP contribution in [0, 0.1) is 5.92 Å². The van der Waals surface area contributed by atoms with Crippen molar-refractivity contribution in [2.75, 3.05) is 0 Å². The molecule has 0 bridgehead atoms. The third kappa shape index (κ3) is 4.51. The fourth-order valence-electron chi connectivity index (χ4n) is 1.98. The van der Waals surface area contributed by atoms with Crippen molar-refractivity contribution < 1.29 is 0 Å². The summed E-state index contributed by atoms with van der Waals surface area (Å²) in [5.74, 6) is 1.64. The van der Waals surface area contributed by atoms with E-state index in [2.05, 4.69) is 44.2 Å². The summed E-state index contributed by atoms with van der Waals surface area (Å²) in [7, 11) is 0. The van der Waals surface area contributed by atoms with Crippen LogP contribution < -0.4 is 0 Å². The van der Waals surface area contributed by atoms with Crippen molar-refractivity contribution in [1.29, 1.82) is 0 Å². The Kier molecular flexibility index (Phi) is 6.15. The second-order valence-corrected chi connectivity index (χ2v) is 4.18. The molecule has 0 aliphatic rings. The molecule has 0 N–H and O–H groups in total. The maximum absolute atomic E-state index is 2.27. The van der Waals surface area contributed by atoms with Crippen LogP contribution >= 0.6 is 0 Å². The van der Waals surface area contributed by atoms with E-state index in [1.165, 1.54) is 44.1 Å². The van der Waals surface area contributed by atoms with Gasteiger partial charge >= 0.3 is 0 Å². The average Bonchev–Trinajstić information content (AvgIpc) is 2.29. The van der Waals surface area contributed by atoms with Gasteiger partial charge in [-0.2, -0.15) is 0 Å². The van der Waals surface area contributed by atoms with E-state index in [4.69, 9.17) is 0 Å². The predicted octanol–water partition coefficient (Wildman–Crippen LogP) is 4.99. The van der Waals surface area contributed by atoms with Gasteiger partial charge in [0.25, 0.3) is 0 Å². The van der Waals surface area contributed by atoms with Crippen molar-refractivity contribution in [3.8, 4) is 0 Å². The van der Waals surface area contributed by atoms with Crippen LogP contribution in [0.25, 0.3) is 0 Å². The smallest absolute Gasteiger partial charge is 0.00497 e. The van der Waals surface area contributed by atoms with Crippen molar-refractivity contribution in [1.82, 2.24) is 0 Å². The van der Waals surface area contributed by atoms with Crippen LogP contribution in [0.4, 0.5) is 0 Å². The molecule has 1 radical (unpaired) electrons. The molecule has 0 saturated heterocycles. The lowest BCUT2D eigenvalue weighted by Crippen LogP contribution is -1.99. The molecule has 0 amide bonds. The first-order valence-electron chi connectivity index (χ1n) is 6.28. The Balaban J connectivity index is 2.50. The van der Waals surface area contributed by atoms with E-state index < -0.39 is 0 Å². The number of hydrogen-bond donors (Lipinski definition) is 0. The van der Waals surface area contributed by atoms with Gasteiger partial charge in [-0.25, -0.2) is 0 Å². The molecule has 1 aromatic rings. The molecule has 83 valence electrons. The standard InChI is InChI=1S/C15H23/c1-3-5-7-11-14(10-4-2)15-12-8-6-9-13-15/h6,8-9,12-13H,3-5,7,10-11H2,1-2H3. The Morgan fingerprint density at radius 3 is 2.20 bits per heavy atom. The predicted molar refractivity (Wildman–Crippen MR) is 67.8 cm³/mol. The molecule has 0 nitrogen and oxygen atoms in total. The number of unbranched alkanes of at least 4 members (excludes halogenated alkanes) is 2. The van der Waals surface area contributed by atoms with E-state index in [0.717, 1.165) is 0 Å². The topological polar surface area (TPSA) is 0 Å². The summed E-state index contributed by atoms with van der Waals surface area (Å²) in [6, 6.07) is 10.9. The number of hydrogen-bond acceptors (Lipinski definition) is 0. The normalized spacial score (nSPS) is 10.9. The molecule has 0 atom stereocenters. The Morgan fingerprint density at radius 1 is 0.867 bits per heavy atom. The summed E-state index contributed by atoms with van der Waals surface area (Å²) in [5.41, 5.74) is 1.45. The maximum atomic E-state index is 2.27. The van der Waals surface area contributed by atoms with E-state index in [1.807, 2.05) is 0 Å². The Labute approximate surface area is 94.7 Å². The van der Waals surface area contributed by atoms with Crippen molar-refractivity contribution in [3.05, 3.63) is 41.8 Å². The van der Waals surface area contributed by atoms with Gasteiger partial charge in [-0.15, -0.1) is 0 Å². The van der Waals surface area contributed by atoms with Gasteiger partial charge in [-0.3, -0.25) is 0 Å². The number of rotatable bonds is 7. The largest absolute Gasteiger partial charge is 0.0654 e. The first-order chi connectivity index (χ1) is 7.38. The zero-order valence-electron chi connectivity index (χ0n) is 10.1. The van der Waals surface area contributed by atoms with E-state index in [9.17, 15) is 0 Å². The maximum Gasteiger partial charge on any atom is 0.00497 e. The lowest BCUT2D eigenvalue weighted by molar-refractivity contribution is 0.648. The third-order valence-corrected chi connectivity index (χ3v) is 2.82. The van der Waals surface area contributed by atoms with Gasteiger partial charge in [0.15, 0.2) is 0 Å². The minimum absolute atomic E-state index is 1.26. The molecular formula is C15H23. The zero-order chi connectivity index (χ0) is 10.9. The Hall–Kier alpha value is -0.780. The highest BCUT2D eigenvalue weighted by Crippen LogP contribution is 2.25. The van der Waals surface area contributed by atoms with Gasteiger partial charge in [0.1, 0.15) is 0 Å². The van der Waals surface area contributed by atoms with Crippen molar-refractivity contribution in [2.24, 2.45) is 0 Å². The SMILES string of the molecule is CCCCC[C](CCC)c1ccccc1. The fraction of sp³-hybridized carbons (Fsp3) is 0.533. The molecule has 0 aliphatic heterocycles. The molecule has 0 heterocycles. The van der Waals surface area contributed by atoms with E-state index in [0.29, 0.717) is 0 Å². The summed E-state index contributed by atoms with van der Waals surface area (Å²) in [6.45, 7) is 4.53. The van der Waals surface area contributed by atoms with Gasteiger partial charge in [0.05, 0.1) is 0 Å². The van der Waals surface area contributed by atoms with Crippen LogP contribution in [-0.4, -0.2) is 0 Å². The van der Waals surface area contributed by atoms with Crippen LogP contribution in [0.2, 0.25) is 0 Å². The van der Waals surface area contributed by atoms with Crippen LogP contribution in [0.1, 0.15) is 57.9 Å². The molecule has 0 aliphatic carbocycles. The van der Waals surface area contributed by atoms with Gasteiger partial charge < -0.3 is 0 Å². The molecule has 0 unspecified atom stereocenters. The van der Waals surface area contributed by atoms with Crippen molar-refractivity contribution in [2.45, 2.75) is 52.4 Å². The molecule has 1 rings (SSSR count). The molecule has 0 heteroatoms. The third-order valence-electron chi connectivity index (χ3n) is 2.82. The summed E-state index contributed by atoms with van der Waals surface area (Å²) < 4.78 is 0. The monoisotopic (exact) mass is 203 g/mol. The summed E-state index contributed by atoms with van der Waals surface area (Å²) in [5, 5.41) is 0. The number of benzene rings is 1. The highest BCUT2D eigenvalue weighted by molar-refractivity contribution is 5.29. The van der Waals surface area contributed by atoms with Crippen LogP contribution in [-0.2, 0) is 0 Å². The Bertz CT molecular complexity index is 237. The molecule has 1 aromatic carbocycles. The first-order valence-corrected chi connectivity index (χ1v) is 6.28. The fourth-order valence-corrected chi connectivity index (χ4v) is 1.98. The molecule has 0 spiro atoms. The minimum atomic E-state index is 1.26.